The quantitative estimate of drug-likeness (QED) is 0.549. The van der Waals surface area contributed by atoms with Gasteiger partial charge in [-0.1, -0.05) is 58.8 Å². The number of hydrogen-bond donors (Lipinski definition) is 1. The molecule has 0 radical (unpaired) electrons. The highest BCUT2D eigenvalue weighted by Crippen LogP contribution is 2.13. The van der Waals surface area contributed by atoms with Crippen LogP contribution < -0.4 is 5.32 Å². The van der Waals surface area contributed by atoms with Crippen LogP contribution in [0.2, 0.25) is 0 Å². The number of rotatable bonds is 12. The summed E-state index contributed by atoms with van der Waals surface area (Å²) in [6, 6.07) is 0. The van der Waals surface area contributed by atoms with Gasteiger partial charge in [0.25, 0.3) is 0 Å². The first-order valence-electron chi connectivity index (χ1n) is 8.01. The zero-order valence-electron chi connectivity index (χ0n) is 12.7. The average Bonchev–Trinajstić information content (AvgIpc) is 2.89. The lowest BCUT2D eigenvalue weighted by molar-refractivity contribution is 0.554. The Morgan fingerprint density at radius 3 is 2.32 bits per heavy atom. The van der Waals surface area contributed by atoms with Crippen molar-refractivity contribution in [2.45, 2.75) is 78.2 Å². The van der Waals surface area contributed by atoms with Crippen LogP contribution in [-0.2, 0) is 13.0 Å². The molecular formula is C16H30N2S. The van der Waals surface area contributed by atoms with E-state index in [4.69, 9.17) is 0 Å². The Morgan fingerprint density at radius 2 is 1.68 bits per heavy atom. The molecule has 0 aliphatic heterocycles. The maximum Gasteiger partial charge on any atom is 0.107 e. The van der Waals surface area contributed by atoms with Gasteiger partial charge in [0.2, 0.25) is 0 Å². The van der Waals surface area contributed by atoms with Gasteiger partial charge in [-0.2, -0.15) is 0 Å². The summed E-state index contributed by atoms with van der Waals surface area (Å²) in [5, 5.41) is 4.73. The van der Waals surface area contributed by atoms with Gasteiger partial charge in [0, 0.05) is 17.6 Å². The second-order valence-electron chi connectivity index (χ2n) is 5.23. The molecule has 0 aliphatic rings. The number of aromatic nitrogens is 1. The number of nitrogens with one attached hydrogen (secondary N) is 1. The lowest BCUT2D eigenvalue weighted by atomic mass is 10.1. The van der Waals surface area contributed by atoms with E-state index >= 15 is 0 Å². The van der Waals surface area contributed by atoms with Crippen molar-refractivity contribution in [3.05, 3.63) is 16.1 Å². The molecule has 1 aromatic heterocycles. The minimum absolute atomic E-state index is 0.946. The summed E-state index contributed by atoms with van der Waals surface area (Å²) in [6.07, 6.45) is 14.2. The normalized spacial score (nSPS) is 11.1. The number of nitrogens with zero attached hydrogens (tertiary/aromatic N) is 1. The Kier molecular flexibility index (Phi) is 10.0. The van der Waals surface area contributed by atoms with Gasteiger partial charge in [-0.05, 0) is 19.4 Å². The van der Waals surface area contributed by atoms with Crippen LogP contribution in [-0.4, -0.2) is 11.5 Å². The highest BCUT2D eigenvalue weighted by Gasteiger charge is 1.99. The highest BCUT2D eigenvalue weighted by atomic mass is 32.1. The Hall–Kier alpha value is -0.410. The van der Waals surface area contributed by atoms with Crippen molar-refractivity contribution in [3.63, 3.8) is 0 Å². The van der Waals surface area contributed by atoms with Crippen molar-refractivity contribution in [2.75, 3.05) is 6.54 Å². The minimum Gasteiger partial charge on any atom is -0.310 e. The molecule has 2 nitrogen and oxygen atoms in total. The van der Waals surface area contributed by atoms with Crippen LogP contribution in [0, 0.1) is 0 Å². The first-order chi connectivity index (χ1) is 9.36. The van der Waals surface area contributed by atoms with Crippen molar-refractivity contribution in [1.82, 2.24) is 10.3 Å². The molecule has 1 heterocycles. The summed E-state index contributed by atoms with van der Waals surface area (Å²) in [5.41, 5.74) is 0. The van der Waals surface area contributed by atoms with E-state index in [1.54, 1.807) is 0 Å². The lowest BCUT2D eigenvalue weighted by Crippen LogP contribution is -2.14. The fourth-order valence-electron chi connectivity index (χ4n) is 2.17. The Balaban J connectivity index is 1.86. The molecule has 0 atom stereocenters. The molecule has 0 spiro atoms. The van der Waals surface area contributed by atoms with Gasteiger partial charge in [0.05, 0.1) is 0 Å². The summed E-state index contributed by atoms with van der Waals surface area (Å²) >= 11 is 1.84. The van der Waals surface area contributed by atoms with Gasteiger partial charge in [-0.15, -0.1) is 11.3 Å². The molecule has 1 N–H and O–H groups in total. The zero-order chi connectivity index (χ0) is 13.8. The van der Waals surface area contributed by atoms with E-state index in [-0.39, 0.29) is 0 Å². The third kappa shape index (κ3) is 8.38. The molecule has 0 bridgehead atoms. The maximum absolute atomic E-state index is 4.42. The molecule has 0 unspecified atom stereocenters. The smallest absolute Gasteiger partial charge is 0.107 e. The van der Waals surface area contributed by atoms with E-state index < -0.39 is 0 Å². The standard InChI is InChI=1S/C16H30N2S/c1-3-5-6-7-8-9-10-11-12-17-14-16-18-13-15(4-2)19-16/h13,17H,3-12,14H2,1-2H3. The third-order valence-corrected chi connectivity index (χ3v) is 4.57. The van der Waals surface area contributed by atoms with Gasteiger partial charge in [-0.25, -0.2) is 4.98 Å². The molecule has 110 valence electrons. The van der Waals surface area contributed by atoms with Crippen molar-refractivity contribution < 1.29 is 0 Å². The lowest BCUT2D eigenvalue weighted by Gasteiger charge is -2.03. The largest absolute Gasteiger partial charge is 0.310 e. The van der Waals surface area contributed by atoms with Crippen LogP contribution in [0.3, 0.4) is 0 Å². The van der Waals surface area contributed by atoms with Crippen molar-refractivity contribution in [3.8, 4) is 0 Å². The highest BCUT2D eigenvalue weighted by molar-refractivity contribution is 7.11. The predicted molar refractivity (Wildman–Crippen MR) is 85.8 cm³/mol. The van der Waals surface area contributed by atoms with Crippen molar-refractivity contribution in [2.24, 2.45) is 0 Å². The van der Waals surface area contributed by atoms with Crippen LogP contribution in [0.1, 0.15) is 75.1 Å². The molecular weight excluding hydrogens is 252 g/mol. The van der Waals surface area contributed by atoms with E-state index in [0.717, 1.165) is 19.5 Å². The van der Waals surface area contributed by atoms with Gasteiger partial charge >= 0.3 is 0 Å². The number of hydrogen-bond acceptors (Lipinski definition) is 3. The monoisotopic (exact) mass is 282 g/mol. The van der Waals surface area contributed by atoms with Crippen LogP contribution in [0.15, 0.2) is 6.20 Å². The summed E-state index contributed by atoms with van der Waals surface area (Å²) in [7, 11) is 0. The third-order valence-electron chi connectivity index (χ3n) is 3.43. The van der Waals surface area contributed by atoms with Crippen molar-refractivity contribution >= 4 is 11.3 Å². The Morgan fingerprint density at radius 1 is 1.00 bits per heavy atom. The summed E-state index contributed by atoms with van der Waals surface area (Å²) in [4.78, 5) is 5.81. The fourth-order valence-corrected chi connectivity index (χ4v) is 3.00. The van der Waals surface area contributed by atoms with Crippen LogP contribution in [0.25, 0.3) is 0 Å². The number of unbranched alkanes of at least 4 members (excludes halogenated alkanes) is 7. The van der Waals surface area contributed by atoms with Gasteiger partial charge < -0.3 is 5.32 Å². The van der Waals surface area contributed by atoms with E-state index in [9.17, 15) is 0 Å². The van der Waals surface area contributed by atoms with Crippen molar-refractivity contribution in [1.29, 1.82) is 0 Å². The molecule has 1 aromatic rings. The molecule has 1 rings (SSSR count). The summed E-state index contributed by atoms with van der Waals surface area (Å²) in [6.45, 7) is 6.54. The maximum atomic E-state index is 4.42. The molecule has 0 amide bonds. The summed E-state index contributed by atoms with van der Waals surface area (Å²) < 4.78 is 0. The molecule has 0 aromatic carbocycles. The second kappa shape index (κ2) is 11.4. The SMILES string of the molecule is CCCCCCCCCCNCc1ncc(CC)s1. The summed E-state index contributed by atoms with van der Waals surface area (Å²) in [5.74, 6) is 0. The van der Waals surface area contributed by atoms with E-state index in [1.807, 2.05) is 17.5 Å². The predicted octanol–water partition coefficient (Wildman–Crippen LogP) is 4.94. The Bertz CT molecular complexity index is 309. The molecule has 3 heteroatoms. The molecule has 0 aliphatic carbocycles. The topological polar surface area (TPSA) is 24.9 Å². The average molecular weight is 282 g/mol. The zero-order valence-corrected chi connectivity index (χ0v) is 13.5. The van der Waals surface area contributed by atoms with E-state index in [1.165, 1.54) is 61.3 Å². The van der Waals surface area contributed by atoms with Crippen LogP contribution >= 0.6 is 11.3 Å². The molecule has 0 fully saturated rings. The van der Waals surface area contributed by atoms with Gasteiger partial charge in [0.1, 0.15) is 5.01 Å². The molecule has 19 heavy (non-hydrogen) atoms. The molecule has 0 saturated carbocycles. The number of thiazole rings is 1. The minimum atomic E-state index is 0.946. The molecule has 0 saturated heterocycles. The fraction of sp³-hybridized carbons (Fsp3) is 0.812. The van der Waals surface area contributed by atoms with Gasteiger partial charge in [0.15, 0.2) is 0 Å². The van der Waals surface area contributed by atoms with E-state index in [2.05, 4.69) is 24.1 Å². The van der Waals surface area contributed by atoms with Gasteiger partial charge in [-0.3, -0.25) is 0 Å². The first-order valence-corrected chi connectivity index (χ1v) is 8.82. The van der Waals surface area contributed by atoms with Crippen LogP contribution in [0.5, 0.6) is 0 Å². The van der Waals surface area contributed by atoms with E-state index in [0.29, 0.717) is 0 Å². The number of aryl methyl sites for hydroxylation is 1. The van der Waals surface area contributed by atoms with Crippen LogP contribution in [0.4, 0.5) is 0 Å². The second-order valence-corrected chi connectivity index (χ2v) is 6.43. The first kappa shape index (κ1) is 16.6. The Labute approximate surface area is 123 Å².